The zero-order chi connectivity index (χ0) is 22.0. The molecule has 1 rings (SSSR count). The first-order chi connectivity index (χ1) is 14.5. The number of carbonyl (C=O) groups excluding carboxylic acids is 1. The van der Waals surface area contributed by atoms with Crippen LogP contribution in [0.25, 0.3) is 0 Å². The molecule has 0 spiro atoms. The summed E-state index contributed by atoms with van der Waals surface area (Å²) in [5.41, 5.74) is 0. The van der Waals surface area contributed by atoms with Crippen LogP contribution in [0.2, 0.25) is 0 Å². The molecule has 0 aromatic heterocycles. The van der Waals surface area contributed by atoms with Gasteiger partial charge in [0.25, 0.3) is 0 Å². The summed E-state index contributed by atoms with van der Waals surface area (Å²) in [4.78, 5) is 13.1. The van der Waals surface area contributed by atoms with Crippen molar-refractivity contribution in [2.45, 2.75) is 19.1 Å². The first-order valence-corrected chi connectivity index (χ1v) is 11.8. The Morgan fingerprint density at radius 1 is 0.906 bits per heavy atom. The zero-order valence-corrected chi connectivity index (χ0v) is 22.0. The van der Waals surface area contributed by atoms with Gasteiger partial charge in [0.05, 0.1) is 63.8 Å². The maximum Gasteiger partial charge on any atom is 0.245 e. The molecular weight excluding hydrogens is 477 g/mol. The molecule has 0 aromatic carbocycles. The number of ether oxygens (including phenoxy) is 4. The smallest absolute Gasteiger partial charge is 0.245 e. The molecule has 0 bridgehead atoms. The van der Waals surface area contributed by atoms with Gasteiger partial charge < -0.3 is 36.8 Å². The number of hydrogen-bond donors (Lipinski definition) is 2. The van der Waals surface area contributed by atoms with Crippen molar-refractivity contribution in [1.29, 1.82) is 0 Å². The van der Waals surface area contributed by atoms with E-state index >= 15 is 0 Å². The summed E-state index contributed by atoms with van der Waals surface area (Å²) in [5, 5.41) is 11.2. The summed E-state index contributed by atoms with van der Waals surface area (Å²) < 4.78 is 35.9. The molecule has 2 N–H and O–H groups in total. The number of hydrogen-bond acceptors (Lipinski definition) is 8. The van der Waals surface area contributed by atoms with E-state index in [2.05, 4.69) is 14.5 Å². The van der Waals surface area contributed by atoms with E-state index in [9.17, 15) is 9.00 Å². The molecule has 32 heavy (non-hydrogen) atoms. The van der Waals surface area contributed by atoms with Crippen molar-refractivity contribution in [1.82, 2.24) is 14.5 Å². The summed E-state index contributed by atoms with van der Waals surface area (Å²) in [5.74, 6) is -0.408. The van der Waals surface area contributed by atoms with Gasteiger partial charge in [0, 0.05) is 63.1 Å². The Bertz CT molecular complexity index is 470. The fraction of sp³-hybridized carbons (Fsp3) is 0.900. The molecule has 1 aliphatic heterocycles. The molecule has 1 saturated heterocycles. The van der Waals surface area contributed by atoms with Crippen LogP contribution in [0.4, 0.5) is 0 Å². The molecule has 12 heteroatoms. The molecule has 1 unspecified atom stereocenters. The van der Waals surface area contributed by atoms with Crippen LogP contribution < -0.4 is 5.32 Å². The van der Waals surface area contributed by atoms with E-state index in [4.69, 9.17) is 24.1 Å². The van der Waals surface area contributed by atoms with Gasteiger partial charge in [-0.2, -0.15) is 0 Å². The van der Waals surface area contributed by atoms with Gasteiger partial charge in [-0.3, -0.25) is 9.69 Å². The Balaban J connectivity index is 0. The number of aliphatic hydroxyl groups excluding tert-OH is 1. The second-order valence-corrected chi connectivity index (χ2v) is 9.06. The van der Waals surface area contributed by atoms with E-state index in [1.54, 1.807) is 0 Å². The first-order valence-electron chi connectivity index (χ1n) is 10.6. The Hall–Kier alpha value is -0.0756. The molecule has 1 radical (unpaired) electrons. The van der Waals surface area contributed by atoms with E-state index in [-0.39, 0.29) is 31.2 Å². The SMILES string of the molecule is CC(C)S(=O)N1CCN(CCOCCOCCOCCOCCNC(=O)CO)CC1.[CH3-].[V]. The molecule has 1 heterocycles. The molecule has 1 aliphatic rings. The average molecular weight is 520 g/mol. The van der Waals surface area contributed by atoms with Crippen LogP contribution in [0, 0.1) is 7.43 Å². The summed E-state index contributed by atoms with van der Waals surface area (Å²) in [7, 11) is -0.872. The third-order valence-corrected chi connectivity index (χ3v) is 6.05. The van der Waals surface area contributed by atoms with E-state index in [0.29, 0.717) is 59.4 Å². The predicted molar refractivity (Wildman–Crippen MR) is 121 cm³/mol. The molecule has 1 atom stereocenters. The number of amides is 1. The van der Waals surface area contributed by atoms with Gasteiger partial charge in [0.1, 0.15) is 6.61 Å². The van der Waals surface area contributed by atoms with Gasteiger partial charge in [-0.05, 0) is 13.8 Å². The van der Waals surface area contributed by atoms with Gasteiger partial charge in [0.2, 0.25) is 5.91 Å². The normalized spacial score (nSPS) is 15.8. The number of nitrogens with zero attached hydrogens (tertiary/aromatic N) is 2. The van der Waals surface area contributed by atoms with Crippen LogP contribution >= 0.6 is 0 Å². The third kappa shape index (κ3) is 17.4. The minimum Gasteiger partial charge on any atom is -0.387 e. The van der Waals surface area contributed by atoms with E-state index < -0.39 is 23.5 Å². The largest absolute Gasteiger partial charge is 0.387 e. The number of nitrogens with one attached hydrogen (secondary N) is 1. The summed E-state index contributed by atoms with van der Waals surface area (Å²) in [6, 6.07) is 0. The van der Waals surface area contributed by atoms with Gasteiger partial charge in [0.15, 0.2) is 0 Å². The second-order valence-electron chi connectivity index (χ2n) is 7.05. The maximum absolute atomic E-state index is 12.1. The quantitative estimate of drug-likeness (QED) is 0.181. The Labute approximate surface area is 208 Å². The molecule has 10 nitrogen and oxygen atoms in total. The number of aliphatic hydroxyl groups is 1. The first kappa shape index (κ1) is 34.1. The van der Waals surface area contributed by atoms with E-state index in [0.717, 1.165) is 32.7 Å². The molecule has 0 aliphatic carbocycles. The number of carbonyl (C=O) groups is 1. The molecule has 0 saturated carbocycles. The second kappa shape index (κ2) is 22.7. The third-order valence-electron chi connectivity index (χ3n) is 4.37. The maximum atomic E-state index is 12.1. The molecule has 191 valence electrons. The summed E-state index contributed by atoms with van der Waals surface area (Å²) in [6.45, 7) is 12.3. The van der Waals surface area contributed by atoms with Crippen molar-refractivity contribution >= 4 is 16.9 Å². The topological polar surface area (TPSA) is 110 Å². The van der Waals surface area contributed by atoms with Crippen LogP contribution in [-0.4, -0.2) is 128 Å². The van der Waals surface area contributed by atoms with Crippen molar-refractivity contribution in [3.05, 3.63) is 7.43 Å². The predicted octanol–water partition coefficient (Wildman–Crippen LogP) is -0.701. The monoisotopic (exact) mass is 519 g/mol. The van der Waals surface area contributed by atoms with Crippen molar-refractivity contribution in [3.8, 4) is 0 Å². The molecular formula is C20H42N3O7SV-. The van der Waals surface area contributed by atoms with E-state index in [1.165, 1.54) is 0 Å². The minimum absolute atomic E-state index is 0. The van der Waals surface area contributed by atoms with Gasteiger partial charge in [-0.1, -0.05) is 0 Å². The molecule has 1 amide bonds. The van der Waals surface area contributed by atoms with Gasteiger partial charge >= 0.3 is 0 Å². The number of piperazine rings is 1. The van der Waals surface area contributed by atoms with Crippen molar-refractivity contribution in [3.63, 3.8) is 0 Å². The number of rotatable bonds is 18. The fourth-order valence-corrected chi connectivity index (χ4v) is 3.82. The Morgan fingerprint density at radius 2 is 1.38 bits per heavy atom. The summed E-state index contributed by atoms with van der Waals surface area (Å²) in [6.07, 6.45) is 0. The van der Waals surface area contributed by atoms with Gasteiger partial charge in [-0.25, -0.2) is 8.51 Å². The van der Waals surface area contributed by atoms with E-state index in [1.807, 2.05) is 13.8 Å². The van der Waals surface area contributed by atoms with Crippen molar-refractivity contribution in [2.75, 3.05) is 98.7 Å². The van der Waals surface area contributed by atoms with Crippen LogP contribution in [0.15, 0.2) is 0 Å². The zero-order valence-electron chi connectivity index (χ0n) is 19.8. The fourth-order valence-electron chi connectivity index (χ4n) is 2.71. The average Bonchev–Trinajstić information content (AvgIpc) is 2.76. The van der Waals surface area contributed by atoms with Crippen LogP contribution in [0.5, 0.6) is 0 Å². The molecule has 1 fully saturated rings. The van der Waals surface area contributed by atoms with Crippen LogP contribution in [0.1, 0.15) is 13.8 Å². The van der Waals surface area contributed by atoms with Crippen molar-refractivity contribution < 1.29 is 51.6 Å². The molecule has 0 aromatic rings. The van der Waals surface area contributed by atoms with Gasteiger partial charge in [-0.15, -0.1) is 0 Å². The summed E-state index contributed by atoms with van der Waals surface area (Å²) >= 11 is 0. The minimum atomic E-state index is -0.872. The Morgan fingerprint density at radius 3 is 1.84 bits per heavy atom. The standard InChI is InChI=1S/C19H39N3O7S.CH3.V/c1-18(2)30(25)22-6-4-21(5-7-22)8-10-27-12-14-29-16-15-28-13-11-26-9-3-20-19(24)17-23;;/h18,23H,3-17H2,1-2H3,(H,20,24);1H3;/q;-1;. The van der Waals surface area contributed by atoms with Crippen LogP contribution in [-0.2, 0) is 53.3 Å². The van der Waals surface area contributed by atoms with Crippen LogP contribution in [0.3, 0.4) is 0 Å². The van der Waals surface area contributed by atoms with Crippen molar-refractivity contribution in [2.24, 2.45) is 0 Å². The Kier molecular flexibility index (Phi) is 24.2.